The Hall–Kier alpha value is -0.670. The molecule has 0 radical (unpaired) electrons. The number of aliphatic hydroxyl groups is 1. The molecule has 2 nitrogen and oxygen atoms in total. The maximum atomic E-state index is 12.6. The van der Waals surface area contributed by atoms with Gasteiger partial charge in [0.1, 0.15) is 0 Å². The van der Waals surface area contributed by atoms with Gasteiger partial charge in [0.25, 0.3) is 0 Å². The lowest BCUT2D eigenvalue weighted by Crippen LogP contribution is -2.53. The average molecular weight is 445 g/mol. The van der Waals surface area contributed by atoms with E-state index in [1.807, 2.05) is 6.92 Å². The van der Waals surface area contributed by atoms with E-state index in [1.165, 1.54) is 25.7 Å². The number of fused-ring (bicyclic) bond motifs is 4. The fourth-order valence-corrected chi connectivity index (χ4v) is 9.81. The van der Waals surface area contributed by atoms with Crippen LogP contribution in [0.1, 0.15) is 86.5 Å². The van der Waals surface area contributed by atoms with Crippen molar-refractivity contribution in [2.24, 2.45) is 34.0 Å². The highest BCUT2D eigenvalue weighted by Gasteiger charge is 2.57. The zero-order valence-corrected chi connectivity index (χ0v) is 21.5. The second-order valence-electron chi connectivity index (χ2n) is 12.4. The van der Waals surface area contributed by atoms with Crippen LogP contribution in [-0.4, -0.2) is 26.9 Å². The molecule has 0 aromatic rings. The number of aliphatic hydroxyl groups excluding tert-OH is 1. The van der Waals surface area contributed by atoms with Gasteiger partial charge in [-0.05, 0) is 97.0 Å². The van der Waals surface area contributed by atoms with Crippen molar-refractivity contribution in [3.63, 3.8) is 0 Å². The molecule has 0 heterocycles. The molecule has 1 saturated carbocycles. The fraction of sp³-hybridized carbons (Fsp3) is 0.786. The Balaban J connectivity index is 1.60. The minimum atomic E-state index is -0.797. The van der Waals surface area contributed by atoms with Gasteiger partial charge in [-0.3, -0.25) is 4.21 Å². The smallest absolute Gasteiger partial charge is 0.0594 e. The Bertz CT molecular complexity index is 849. The maximum Gasteiger partial charge on any atom is 0.0594 e. The molecular formula is C28H44O2S. The molecule has 3 heteroatoms. The molecule has 4 aliphatic rings. The Morgan fingerprint density at radius 3 is 2.58 bits per heavy atom. The van der Waals surface area contributed by atoms with Crippen LogP contribution in [0.3, 0.4) is 0 Å². The minimum Gasteiger partial charge on any atom is -0.393 e. The first-order valence-corrected chi connectivity index (χ1v) is 14.0. The van der Waals surface area contributed by atoms with Crippen LogP contribution in [0.5, 0.6) is 0 Å². The first kappa shape index (κ1) is 23.5. The van der Waals surface area contributed by atoms with Crippen molar-refractivity contribution < 1.29 is 9.32 Å². The molecular weight excluding hydrogens is 400 g/mol. The predicted octanol–water partition coefficient (Wildman–Crippen LogP) is 6.59. The molecule has 1 unspecified atom stereocenters. The molecule has 174 valence electrons. The largest absolute Gasteiger partial charge is 0.393 e. The first-order valence-electron chi connectivity index (χ1n) is 12.5. The van der Waals surface area contributed by atoms with E-state index in [0.29, 0.717) is 23.5 Å². The molecule has 4 rings (SSSR count). The van der Waals surface area contributed by atoms with E-state index in [4.69, 9.17) is 0 Å². The topological polar surface area (TPSA) is 37.3 Å². The molecule has 31 heavy (non-hydrogen) atoms. The summed E-state index contributed by atoms with van der Waals surface area (Å²) in [6.07, 6.45) is 10.4. The second kappa shape index (κ2) is 7.97. The summed E-state index contributed by atoms with van der Waals surface area (Å²) in [5, 5.41) is 10.7. The summed E-state index contributed by atoms with van der Waals surface area (Å²) >= 11 is 0. The van der Waals surface area contributed by atoms with E-state index in [0.717, 1.165) is 30.6 Å². The third-order valence-electron chi connectivity index (χ3n) is 9.97. The SMILES string of the molecule is C=C(C)CS(=O)C[C@@H](C)[C@H]1CC=C2C3=C(CC[C@@]21C)[C@@]1(C)CC[C@H](O)C(C)(C)[C@@H]1CC3. The maximum absolute atomic E-state index is 12.6. The lowest BCUT2D eigenvalue weighted by Gasteiger charge is -2.59. The highest BCUT2D eigenvalue weighted by atomic mass is 32.2. The van der Waals surface area contributed by atoms with Crippen LogP contribution in [0.25, 0.3) is 0 Å². The van der Waals surface area contributed by atoms with E-state index in [2.05, 4.69) is 47.3 Å². The normalized spacial score (nSPS) is 41.0. The van der Waals surface area contributed by atoms with E-state index in [9.17, 15) is 9.32 Å². The van der Waals surface area contributed by atoms with Crippen LogP contribution in [-0.2, 0) is 10.8 Å². The lowest BCUT2D eigenvalue weighted by molar-refractivity contribution is -0.0905. The fourth-order valence-electron chi connectivity index (χ4n) is 8.32. The van der Waals surface area contributed by atoms with E-state index in [-0.39, 0.29) is 22.3 Å². The molecule has 0 amide bonds. The number of hydrogen-bond acceptors (Lipinski definition) is 2. The predicted molar refractivity (Wildman–Crippen MR) is 132 cm³/mol. The number of allylic oxidation sites excluding steroid dienone is 4. The molecule has 0 aromatic heterocycles. The first-order chi connectivity index (χ1) is 14.4. The van der Waals surface area contributed by atoms with Crippen LogP contribution in [0.2, 0.25) is 0 Å². The van der Waals surface area contributed by atoms with Crippen LogP contribution >= 0.6 is 0 Å². The molecule has 0 spiro atoms. The van der Waals surface area contributed by atoms with Crippen molar-refractivity contribution in [3.05, 3.63) is 34.9 Å². The van der Waals surface area contributed by atoms with Crippen molar-refractivity contribution in [3.8, 4) is 0 Å². The molecule has 1 fully saturated rings. The van der Waals surface area contributed by atoms with Gasteiger partial charge in [-0.2, -0.15) is 0 Å². The summed E-state index contributed by atoms with van der Waals surface area (Å²) in [6, 6.07) is 0. The van der Waals surface area contributed by atoms with Crippen molar-refractivity contribution in [1.82, 2.24) is 0 Å². The van der Waals surface area contributed by atoms with E-state index in [1.54, 1.807) is 16.7 Å². The van der Waals surface area contributed by atoms with Gasteiger partial charge in [-0.25, -0.2) is 0 Å². The summed E-state index contributed by atoms with van der Waals surface area (Å²) in [5.74, 6) is 3.09. The van der Waals surface area contributed by atoms with Gasteiger partial charge < -0.3 is 5.11 Å². The highest BCUT2D eigenvalue weighted by molar-refractivity contribution is 7.85. The summed E-state index contributed by atoms with van der Waals surface area (Å²) in [7, 11) is -0.797. The summed E-state index contributed by atoms with van der Waals surface area (Å²) in [5.41, 5.74) is 6.55. The van der Waals surface area contributed by atoms with Crippen LogP contribution in [0.4, 0.5) is 0 Å². The standard InChI is InChI=1S/C28H44O2S/c1-18(2)16-31(30)17-19(3)21-9-10-22-20-8-11-24-26(4,5)25(29)13-15-28(24,7)23(20)12-14-27(21,22)6/h10,19,21,24-25,29H,1,8-9,11-17H2,2-7H3/t19-,21-,24+,25+,27-,28-,31?/m1/s1. The second-order valence-corrected chi connectivity index (χ2v) is 13.9. The van der Waals surface area contributed by atoms with Crippen LogP contribution in [0.15, 0.2) is 34.9 Å². The number of hydrogen-bond donors (Lipinski definition) is 1. The third kappa shape index (κ3) is 3.66. The quantitative estimate of drug-likeness (QED) is 0.486. The molecule has 7 atom stereocenters. The zero-order chi connectivity index (χ0) is 22.8. The summed E-state index contributed by atoms with van der Waals surface area (Å²) in [6.45, 7) is 17.9. The zero-order valence-electron chi connectivity index (χ0n) is 20.7. The Morgan fingerprint density at radius 2 is 1.90 bits per heavy atom. The van der Waals surface area contributed by atoms with Gasteiger partial charge >= 0.3 is 0 Å². The molecule has 0 aromatic carbocycles. The van der Waals surface area contributed by atoms with Gasteiger partial charge in [0, 0.05) is 22.3 Å². The van der Waals surface area contributed by atoms with Gasteiger partial charge in [0.15, 0.2) is 0 Å². The Morgan fingerprint density at radius 1 is 1.19 bits per heavy atom. The van der Waals surface area contributed by atoms with Crippen molar-refractivity contribution in [2.75, 3.05) is 11.5 Å². The van der Waals surface area contributed by atoms with E-state index < -0.39 is 10.8 Å². The molecule has 1 N–H and O–H groups in total. The van der Waals surface area contributed by atoms with Gasteiger partial charge in [0.05, 0.1) is 6.10 Å². The van der Waals surface area contributed by atoms with Gasteiger partial charge in [-0.1, -0.05) is 58.4 Å². The third-order valence-corrected chi connectivity index (χ3v) is 11.7. The molecule has 0 bridgehead atoms. The minimum absolute atomic E-state index is 0.000728. The lowest BCUT2D eigenvalue weighted by atomic mass is 9.46. The Kier molecular flexibility index (Phi) is 6.04. The van der Waals surface area contributed by atoms with Gasteiger partial charge in [0.2, 0.25) is 0 Å². The molecule has 0 saturated heterocycles. The van der Waals surface area contributed by atoms with Crippen molar-refractivity contribution >= 4 is 10.8 Å². The highest BCUT2D eigenvalue weighted by Crippen LogP contribution is 2.66. The number of rotatable bonds is 5. The monoisotopic (exact) mass is 444 g/mol. The molecule has 0 aliphatic heterocycles. The van der Waals surface area contributed by atoms with Crippen molar-refractivity contribution in [2.45, 2.75) is 92.6 Å². The Labute approximate surface area is 193 Å². The summed E-state index contributed by atoms with van der Waals surface area (Å²) in [4.78, 5) is 0. The summed E-state index contributed by atoms with van der Waals surface area (Å²) < 4.78 is 12.6. The van der Waals surface area contributed by atoms with Crippen LogP contribution in [0, 0.1) is 34.0 Å². The van der Waals surface area contributed by atoms with Gasteiger partial charge in [-0.15, -0.1) is 0 Å². The van der Waals surface area contributed by atoms with Crippen molar-refractivity contribution in [1.29, 1.82) is 0 Å². The molecule has 4 aliphatic carbocycles. The average Bonchev–Trinajstić information content (AvgIpc) is 3.02. The van der Waals surface area contributed by atoms with Crippen LogP contribution < -0.4 is 0 Å². The van der Waals surface area contributed by atoms with E-state index >= 15 is 0 Å².